The van der Waals surface area contributed by atoms with E-state index in [-0.39, 0.29) is 11.9 Å². The summed E-state index contributed by atoms with van der Waals surface area (Å²) >= 11 is 0. The zero-order valence-electron chi connectivity index (χ0n) is 26.0. The lowest BCUT2D eigenvalue weighted by Crippen LogP contribution is -2.48. The van der Waals surface area contributed by atoms with Crippen LogP contribution in [0.3, 0.4) is 0 Å². The Bertz CT molecular complexity index is 1370. The van der Waals surface area contributed by atoms with Crippen molar-refractivity contribution in [3.63, 3.8) is 0 Å². The van der Waals surface area contributed by atoms with Crippen molar-refractivity contribution in [3.8, 4) is 11.1 Å². The van der Waals surface area contributed by atoms with E-state index in [0.717, 1.165) is 94.6 Å². The zero-order chi connectivity index (χ0) is 30.7. The van der Waals surface area contributed by atoms with Crippen molar-refractivity contribution >= 4 is 23.4 Å². The molecular weight excluding hydrogens is 550 g/mol. The molecular formula is C36H47N5O3. The van der Waals surface area contributed by atoms with Gasteiger partial charge in [-0.05, 0) is 73.5 Å². The van der Waals surface area contributed by atoms with Gasteiger partial charge in [-0.15, -0.1) is 0 Å². The molecule has 0 atom stereocenters. The average Bonchev–Trinajstić information content (AvgIpc) is 3.06. The minimum absolute atomic E-state index is 0.0768. The van der Waals surface area contributed by atoms with E-state index in [1.165, 1.54) is 16.8 Å². The number of likely N-dealkylation sites (N-methyl/N-ethyl adjacent to an activating group) is 1. The molecule has 2 amide bonds. The van der Waals surface area contributed by atoms with Gasteiger partial charge in [0.25, 0.3) is 0 Å². The molecule has 2 heterocycles. The molecule has 0 unspecified atom stereocenters. The molecule has 3 aromatic rings. The predicted octanol–water partition coefficient (Wildman–Crippen LogP) is 6.08. The van der Waals surface area contributed by atoms with Crippen molar-refractivity contribution in [2.45, 2.75) is 57.5 Å². The number of unbranched alkanes of at least 4 members (excludes halogenated alkanes) is 2. The first-order chi connectivity index (χ1) is 21.5. The Hall–Kier alpha value is -3.88. The number of anilines is 2. The quantitative estimate of drug-likeness (QED) is 0.207. The third kappa shape index (κ3) is 8.39. The smallest absolute Gasteiger partial charge is 0.412 e. The van der Waals surface area contributed by atoms with Gasteiger partial charge in [0.2, 0.25) is 5.91 Å². The largest absolute Gasteiger partial charge is 0.465 e. The van der Waals surface area contributed by atoms with Crippen LogP contribution in [-0.4, -0.2) is 79.3 Å². The minimum atomic E-state index is -0.913. The van der Waals surface area contributed by atoms with E-state index in [2.05, 4.69) is 33.7 Å². The fourth-order valence-corrected chi connectivity index (χ4v) is 6.41. The molecule has 3 aromatic carbocycles. The highest BCUT2D eigenvalue weighted by Gasteiger charge is 2.30. The van der Waals surface area contributed by atoms with Gasteiger partial charge >= 0.3 is 6.09 Å². The summed E-state index contributed by atoms with van der Waals surface area (Å²) in [6, 6.07) is 24.3. The van der Waals surface area contributed by atoms with E-state index >= 15 is 0 Å². The van der Waals surface area contributed by atoms with Gasteiger partial charge in [-0.1, -0.05) is 61.0 Å². The van der Waals surface area contributed by atoms with Crippen LogP contribution in [0.1, 0.15) is 49.7 Å². The van der Waals surface area contributed by atoms with Crippen molar-refractivity contribution in [1.82, 2.24) is 15.1 Å². The molecule has 1 saturated heterocycles. The maximum atomic E-state index is 12.7. The number of nitrogens with zero attached hydrogens (tertiary/aromatic N) is 3. The second-order valence-electron chi connectivity index (χ2n) is 12.1. The van der Waals surface area contributed by atoms with E-state index < -0.39 is 6.09 Å². The van der Waals surface area contributed by atoms with Gasteiger partial charge in [-0.25, -0.2) is 4.79 Å². The molecule has 2 aliphatic rings. The highest BCUT2D eigenvalue weighted by molar-refractivity contribution is 5.93. The Morgan fingerprint density at radius 1 is 0.955 bits per heavy atom. The number of fused-ring (bicyclic) bond motifs is 1. The molecule has 234 valence electrons. The van der Waals surface area contributed by atoms with Gasteiger partial charge in [0, 0.05) is 70.0 Å². The van der Waals surface area contributed by atoms with Crippen LogP contribution in [0.25, 0.3) is 11.1 Å². The van der Waals surface area contributed by atoms with E-state index in [1.54, 1.807) is 4.90 Å². The third-order valence-corrected chi connectivity index (χ3v) is 9.04. The van der Waals surface area contributed by atoms with Crippen LogP contribution in [0.5, 0.6) is 0 Å². The van der Waals surface area contributed by atoms with Crippen LogP contribution in [-0.2, 0) is 17.8 Å². The normalized spacial score (nSPS) is 15.4. The number of hydrogen-bond donors (Lipinski definition) is 3. The minimum Gasteiger partial charge on any atom is -0.465 e. The van der Waals surface area contributed by atoms with Crippen molar-refractivity contribution in [2.24, 2.45) is 0 Å². The molecule has 0 bridgehead atoms. The topological polar surface area (TPSA) is 88.2 Å². The van der Waals surface area contributed by atoms with E-state index in [1.807, 2.05) is 66.5 Å². The van der Waals surface area contributed by atoms with Crippen molar-refractivity contribution in [2.75, 3.05) is 56.5 Å². The Morgan fingerprint density at radius 2 is 1.73 bits per heavy atom. The maximum Gasteiger partial charge on any atom is 0.412 e. The Morgan fingerprint density at radius 3 is 2.52 bits per heavy atom. The average molecular weight is 598 g/mol. The fraction of sp³-hybridized carbons (Fsp3) is 0.444. The number of benzene rings is 3. The standard InChI is InChI=1S/C36H47N5O3/c1-39(35(42)14-6-3-9-20-38-31-16-15-30-27-37-21-17-29(30)26-31)24-25-40-22-18-32(19-23-40)41(36(43)44)34-13-8-7-12-33(34)28-10-4-2-5-11-28/h2,4-5,7-8,10-13,15-16,26,32,37-38H,3,6,9,14,17-25,27H2,1H3,(H,43,44). The first kappa shape index (κ1) is 31.5. The zero-order valence-corrected chi connectivity index (χ0v) is 26.0. The van der Waals surface area contributed by atoms with E-state index in [4.69, 9.17) is 0 Å². The number of rotatable bonds is 13. The molecule has 0 aromatic heterocycles. The highest BCUT2D eigenvalue weighted by atomic mass is 16.4. The third-order valence-electron chi connectivity index (χ3n) is 9.04. The Kier molecular flexibility index (Phi) is 11.3. The fourth-order valence-electron chi connectivity index (χ4n) is 6.41. The van der Waals surface area contributed by atoms with Crippen molar-refractivity contribution < 1.29 is 14.7 Å². The van der Waals surface area contributed by atoms with Gasteiger partial charge < -0.3 is 25.5 Å². The highest BCUT2D eigenvalue weighted by Crippen LogP contribution is 2.34. The summed E-state index contributed by atoms with van der Waals surface area (Å²) < 4.78 is 0. The number of likely N-dealkylation sites (tertiary alicyclic amines) is 1. The molecule has 5 rings (SSSR count). The lowest BCUT2D eigenvalue weighted by molar-refractivity contribution is -0.130. The van der Waals surface area contributed by atoms with Crippen LogP contribution >= 0.6 is 0 Å². The summed E-state index contributed by atoms with van der Waals surface area (Å²) in [4.78, 5) is 31.0. The second kappa shape index (κ2) is 15.7. The van der Waals surface area contributed by atoms with E-state index in [9.17, 15) is 14.7 Å². The number of para-hydroxylation sites is 1. The summed E-state index contributed by atoms with van der Waals surface area (Å²) in [5.41, 5.74) is 6.72. The second-order valence-corrected chi connectivity index (χ2v) is 12.1. The van der Waals surface area contributed by atoms with Gasteiger partial charge in [0.05, 0.1) is 5.69 Å². The van der Waals surface area contributed by atoms with Gasteiger partial charge in [0.15, 0.2) is 0 Å². The number of carbonyl (C=O) groups is 2. The molecule has 0 spiro atoms. The lowest BCUT2D eigenvalue weighted by Gasteiger charge is -2.38. The maximum absolute atomic E-state index is 12.7. The molecule has 44 heavy (non-hydrogen) atoms. The van der Waals surface area contributed by atoms with Crippen LogP contribution in [0.15, 0.2) is 72.8 Å². The van der Waals surface area contributed by atoms with Crippen LogP contribution < -0.4 is 15.5 Å². The molecule has 0 saturated carbocycles. The molecule has 0 aliphatic carbocycles. The molecule has 1 fully saturated rings. The van der Waals surface area contributed by atoms with E-state index in [0.29, 0.717) is 13.0 Å². The van der Waals surface area contributed by atoms with Crippen molar-refractivity contribution in [3.05, 3.63) is 83.9 Å². The Balaban J connectivity index is 0.999. The van der Waals surface area contributed by atoms with Gasteiger partial charge in [0.1, 0.15) is 0 Å². The lowest BCUT2D eigenvalue weighted by atomic mass is 9.98. The molecule has 8 heteroatoms. The summed E-state index contributed by atoms with van der Waals surface area (Å²) in [6.45, 7) is 6.08. The van der Waals surface area contributed by atoms with Gasteiger partial charge in [-0.2, -0.15) is 0 Å². The first-order valence-electron chi connectivity index (χ1n) is 16.2. The number of carbonyl (C=O) groups excluding carboxylic acids is 1. The summed E-state index contributed by atoms with van der Waals surface area (Å²) in [7, 11) is 1.90. The number of carboxylic acid groups (broad SMARTS) is 1. The first-order valence-corrected chi connectivity index (χ1v) is 16.2. The van der Waals surface area contributed by atoms with Crippen LogP contribution in [0.2, 0.25) is 0 Å². The molecule has 2 aliphatic heterocycles. The SMILES string of the molecule is CN(CCN1CCC(N(C(=O)O)c2ccccc2-c2ccccc2)CC1)C(=O)CCCCCNc1ccc2c(c1)CCNC2. The number of hydrogen-bond acceptors (Lipinski definition) is 5. The van der Waals surface area contributed by atoms with Crippen LogP contribution in [0, 0.1) is 0 Å². The van der Waals surface area contributed by atoms with Gasteiger partial charge in [-0.3, -0.25) is 9.69 Å². The number of nitrogens with one attached hydrogen (secondary N) is 2. The summed E-state index contributed by atoms with van der Waals surface area (Å²) in [5.74, 6) is 0.200. The molecule has 8 nitrogen and oxygen atoms in total. The molecule has 0 radical (unpaired) electrons. The number of amides is 2. The van der Waals surface area contributed by atoms with Crippen LogP contribution in [0.4, 0.5) is 16.2 Å². The van der Waals surface area contributed by atoms with Crippen molar-refractivity contribution in [1.29, 1.82) is 0 Å². The predicted molar refractivity (Wildman–Crippen MR) is 178 cm³/mol. The number of piperidine rings is 1. The molecule has 3 N–H and O–H groups in total. The monoisotopic (exact) mass is 597 g/mol. The summed E-state index contributed by atoms with van der Waals surface area (Å²) in [6.07, 6.45) is 5.28. The summed E-state index contributed by atoms with van der Waals surface area (Å²) in [5, 5.41) is 17.2. The Labute approximate surface area is 262 Å².